The third-order valence-electron chi connectivity index (χ3n) is 4.48. The average Bonchev–Trinajstić information content (AvgIpc) is 3.06. The lowest BCUT2D eigenvalue weighted by Gasteiger charge is -2.18. The van der Waals surface area contributed by atoms with Crippen LogP contribution in [0.3, 0.4) is 0 Å². The normalized spacial score (nSPS) is 12.0. The van der Waals surface area contributed by atoms with E-state index < -0.39 is 17.7 Å². The number of nitrogens with two attached hydrogens (primary N) is 1. The highest BCUT2D eigenvalue weighted by Crippen LogP contribution is 2.30. The van der Waals surface area contributed by atoms with E-state index in [1.54, 1.807) is 29.7 Å². The minimum Gasteiger partial charge on any atom is -0.382 e. The van der Waals surface area contributed by atoms with Gasteiger partial charge < -0.3 is 11.1 Å². The van der Waals surface area contributed by atoms with E-state index in [-0.39, 0.29) is 22.9 Å². The monoisotopic (exact) mass is 425 g/mol. The number of nitrogens with one attached hydrogen (secondary N) is 1. The van der Waals surface area contributed by atoms with Crippen LogP contribution >= 0.6 is 11.6 Å². The van der Waals surface area contributed by atoms with Crippen LogP contribution in [0.5, 0.6) is 0 Å². The molecule has 150 valence electrons. The van der Waals surface area contributed by atoms with Gasteiger partial charge in [-0.25, -0.2) is 23.7 Å². The number of aromatic nitrogens is 4. The summed E-state index contributed by atoms with van der Waals surface area (Å²) in [5.74, 6) is -0.765. The molecular weight excluding hydrogens is 412 g/mol. The summed E-state index contributed by atoms with van der Waals surface area (Å²) in [5.41, 5.74) is 7.22. The summed E-state index contributed by atoms with van der Waals surface area (Å²) < 4.78 is 29.5. The Morgan fingerprint density at radius 1 is 1.17 bits per heavy atom. The van der Waals surface area contributed by atoms with E-state index in [4.69, 9.17) is 17.3 Å². The van der Waals surface area contributed by atoms with Gasteiger partial charge in [0.25, 0.3) is 0 Å². The zero-order chi connectivity index (χ0) is 21.4. The van der Waals surface area contributed by atoms with Crippen molar-refractivity contribution in [3.63, 3.8) is 0 Å². The van der Waals surface area contributed by atoms with Gasteiger partial charge in [0.05, 0.1) is 22.8 Å². The quantitative estimate of drug-likeness (QED) is 0.502. The van der Waals surface area contributed by atoms with Crippen LogP contribution in [-0.4, -0.2) is 19.5 Å². The maximum Gasteiger partial charge on any atom is 0.150 e. The summed E-state index contributed by atoms with van der Waals surface area (Å²) in [7, 11) is 0. The van der Waals surface area contributed by atoms with Crippen molar-refractivity contribution in [1.29, 1.82) is 5.26 Å². The van der Waals surface area contributed by atoms with Gasteiger partial charge in [-0.15, -0.1) is 0 Å². The molecule has 0 aliphatic heterocycles. The van der Waals surface area contributed by atoms with Crippen LogP contribution in [0.15, 0.2) is 42.7 Å². The Labute approximate surface area is 174 Å². The molecule has 0 aliphatic carbocycles. The van der Waals surface area contributed by atoms with E-state index in [0.717, 1.165) is 6.07 Å². The molecule has 4 rings (SSSR count). The fourth-order valence-electron chi connectivity index (χ4n) is 3.19. The molecule has 0 saturated carbocycles. The zero-order valence-corrected chi connectivity index (χ0v) is 16.3. The van der Waals surface area contributed by atoms with Gasteiger partial charge in [-0.05, 0) is 37.3 Å². The van der Waals surface area contributed by atoms with Crippen molar-refractivity contribution in [3.05, 3.63) is 70.8 Å². The highest BCUT2D eigenvalue weighted by atomic mass is 35.5. The molecule has 1 atom stereocenters. The lowest BCUT2D eigenvalue weighted by atomic mass is 10.2. The molecule has 2 aromatic carbocycles. The molecule has 30 heavy (non-hydrogen) atoms. The number of imidazole rings is 1. The molecule has 3 N–H and O–H groups in total. The van der Waals surface area contributed by atoms with E-state index in [2.05, 4.69) is 20.3 Å². The Balaban J connectivity index is 1.89. The van der Waals surface area contributed by atoms with E-state index in [0.29, 0.717) is 21.9 Å². The third kappa shape index (κ3) is 3.49. The zero-order valence-electron chi connectivity index (χ0n) is 15.6. The van der Waals surface area contributed by atoms with Gasteiger partial charge in [0.15, 0.2) is 0 Å². The second-order valence-electron chi connectivity index (χ2n) is 6.53. The minimum absolute atomic E-state index is 0.0367. The van der Waals surface area contributed by atoms with Crippen molar-refractivity contribution < 1.29 is 8.78 Å². The van der Waals surface area contributed by atoms with E-state index in [9.17, 15) is 14.0 Å². The van der Waals surface area contributed by atoms with Gasteiger partial charge in [-0.3, -0.25) is 4.57 Å². The van der Waals surface area contributed by atoms with Crippen molar-refractivity contribution in [2.24, 2.45) is 0 Å². The lowest BCUT2D eigenvalue weighted by Crippen LogP contribution is -2.15. The van der Waals surface area contributed by atoms with Crippen LogP contribution in [0, 0.1) is 23.0 Å². The van der Waals surface area contributed by atoms with E-state index in [1.165, 1.54) is 18.5 Å². The molecule has 7 nitrogen and oxygen atoms in total. The van der Waals surface area contributed by atoms with Crippen molar-refractivity contribution >= 4 is 34.3 Å². The van der Waals surface area contributed by atoms with Gasteiger partial charge in [-0.1, -0.05) is 11.6 Å². The molecule has 0 amide bonds. The minimum atomic E-state index is -0.726. The van der Waals surface area contributed by atoms with Crippen molar-refractivity contribution in [2.75, 3.05) is 11.1 Å². The van der Waals surface area contributed by atoms with Gasteiger partial charge >= 0.3 is 0 Å². The first-order chi connectivity index (χ1) is 14.4. The Morgan fingerprint density at radius 3 is 2.60 bits per heavy atom. The van der Waals surface area contributed by atoms with Crippen LogP contribution in [0.2, 0.25) is 5.02 Å². The molecule has 2 aromatic heterocycles. The number of nitrogen functional groups attached to an aromatic ring is 1. The number of anilines is 2. The molecule has 10 heteroatoms. The molecule has 4 aromatic rings. The summed E-state index contributed by atoms with van der Waals surface area (Å²) in [5, 5.41) is 12.9. The van der Waals surface area contributed by atoms with Gasteiger partial charge in [-0.2, -0.15) is 5.26 Å². The van der Waals surface area contributed by atoms with E-state index >= 15 is 0 Å². The Bertz CT molecular complexity index is 1290. The standard InChI is InChI=1S/C20H14ClF2N7/c1-10(28-19-15(8-24)18(25)26-9-27-19)20-29-16-3-2-11(21)4-17(16)30(20)14-6-12(22)5-13(23)7-14/h2-7,9-10H,1H3,(H3,25,26,27,28)/t10-/m0/s1. The highest BCUT2D eigenvalue weighted by Gasteiger charge is 2.21. The summed E-state index contributed by atoms with van der Waals surface area (Å²) >= 11 is 6.14. The van der Waals surface area contributed by atoms with Crippen LogP contribution < -0.4 is 11.1 Å². The smallest absolute Gasteiger partial charge is 0.150 e. The molecule has 0 radical (unpaired) electrons. The first-order valence-electron chi connectivity index (χ1n) is 8.79. The number of fused-ring (bicyclic) bond motifs is 1. The summed E-state index contributed by atoms with van der Waals surface area (Å²) in [4.78, 5) is 12.5. The molecule has 0 fully saturated rings. The van der Waals surface area contributed by atoms with Crippen LogP contribution in [-0.2, 0) is 0 Å². The Kier molecular flexibility index (Phi) is 4.93. The van der Waals surface area contributed by atoms with Crippen molar-refractivity contribution in [2.45, 2.75) is 13.0 Å². The Morgan fingerprint density at radius 2 is 1.90 bits per heavy atom. The van der Waals surface area contributed by atoms with Crippen molar-refractivity contribution in [3.8, 4) is 11.8 Å². The number of nitrogens with zero attached hydrogens (tertiary/aromatic N) is 5. The second kappa shape index (κ2) is 7.57. The van der Waals surface area contributed by atoms with Crippen molar-refractivity contribution in [1.82, 2.24) is 19.5 Å². The molecule has 0 bridgehead atoms. The van der Waals surface area contributed by atoms with Crippen LogP contribution in [0.1, 0.15) is 24.4 Å². The number of rotatable bonds is 4. The molecule has 0 unspecified atom stereocenters. The van der Waals surface area contributed by atoms with Crippen LogP contribution in [0.25, 0.3) is 16.7 Å². The first kappa shape index (κ1) is 19.5. The maximum absolute atomic E-state index is 13.9. The highest BCUT2D eigenvalue weighted by molar-refractivity contribution is 6.31. The number of hydrogen-bond donors (Lipinski definition) is 2. The van der Waals surface area contributed by atoms with Gasteiger partial charge in [0, 0.05) is 11.1 Å². The number of benzene rings is 2. The third-order valence-corrected chi connectivity index (χ3v) is 4.71. The molecular formula is C20H14ClF2N7. The Hall–Kier alpha value is -3.77. The summed E-state index contributed by atoms with van der Waals surface area (Å²) in [6.07, 6.45) is 1.23. The maximum atomic E-state index is 13.9. The molecule has 0 aliphatic rings. The average molecular weight is 426 g/mol. The fraction of sp³-hybridized carbons (Fsp3) is 0.100. The molecule has 2 heterocycles. The predicted octanol–water partition coefficient (Wildman–Crippen LogP) is 4.37. The molecule has 0 spiro atoms. The predicted molar refractivity (Wildman–Crippen MR) is 109 cm³/mol. The fourth-order valence-corrected chi connectivity index (χ4v) is 3.35. The van der Waals surface area contributed by atoms with Crippen LogP contribution in [0.4, 0.5) is 20.4 Å². The van der Waals surface area contributed by atoms with Gasteiger partial charge in [0.2, 0.25) is 0 Å². The topological polar surface area (TPSA) is 105 Å². The molecule has 0 saturated heterocycles. The number of nitriles is 1. The largest absolute Gasteiger partial charge is 0.382 e. The number of halogens is 3. The summed E-state index contributed by atoms with van der Waals surface area (Å²) in [6, 6.07) is 9.67. The van der Waals surface area contributed by atoms with E-state index in [1.807, 2.05) is 6.07 Å². The van der Waals surface area contributed by atoms with Gasteiger partial charge in [0.1, 0.15) is 47.1 Å². The first-order valence-corrected chi connectivity index (χ1v) is 9.16. The second-order valence-corrected chi connectivity index (χ2v) is 6.96. The SMILES string of the molecule is C[C@H](Nc1ncnc(N)c1C#N)c1nc2ccc(Cl)cc2n1-c1cc(F)cc(F)c1. The lowest BCUT2D eigenvalue weighted by molar-refractivity contribution is 0.581. The number of hydrogen-bond acceptors (Lipinski definition) is 6. The summed E-state index contributed by atoms with van der Waals surface area (Å²) in [6.45, 7) is 1.77.